The van der Waals surface area contributed by atoms with Crippen LogP contribution in [-0.2, 0) is 31.1 Å². The quantitative estimate of drug-likeness (QED) is 0.411. The molecule has 0 atom stereocenters. The number of imidazole rings is 1. The van der Waals surface area contributed by atoms with Crippen molar-refractivity contribution in [3.8, 4) is 12.1 Å². The van der Waals surface area contributed by atoms with E-state index in [1.54, 1.807) is 24.1 Å². The van der Waals surface area contributed by atoms with Crippen molar-refractivity contribution in [2.45, 2.75) is 25.7 Å². The van der Waals surface area contributed by atoms with Gasteiger partial charge in [0.25, 0.3) is 0 Å². The van der Waals surface area contributed by atoms with Gasteiger partial charge >= 0.3 is 0 Å². The van der Waals surface area contributed by atoms with Crippen molar-refractivity contribution in [2.75, 3.05) is 11.9 Å². The van der Waals surface area contributed by atoms with Crippen molar-refractivity contribution in [1.82, 2.24) is 9.55 Å². The van der Waals surface area contributed by atoms with Gasteiger partial charge in [-0.3, -0.25) is 4.79 Å². The molecule has 0 saturated heterocycles. The number of anilines is 1. The van der Waals surface area contributed by atoms with E-state index >= 15 is 0 Å². The molecule has 3 aromatic carbocycles. The lowest BCUT2D eigenvalue weighted by molar-refractivity contribution is -0.118. The molecule has 0 spiro atoms. The first-order valence-corrected chi connectivity index (χ1v) is 11.2. The fourth-order valence-corrected chi connectivity index (χ4v) is 3.98. The van der Waals surface area contributed by atoms with Crippen molar-refractivity contribution >= 4 is 22.6 Å². The number of fused-ring (bicyclic) bond motifs is 1. The summed E-state index contributed by atoms with van der Waals surface area (Å²) in [6, 6.07) is 25.1. The molecule has 0 aliphatic carbocycles. The van der Waals surface area contributed by atoms with Crippen LogP contribution in [0.5, 0.6) is 0 Å². The monoisotopic (exact) mass is 447 g/mol. The van der Waals surface area contributed by atoms with Gasteiger partial charge in [-0.05, 0) is 66.4 Å². The van der Waals surface area contributed by atoms with Crippen LogP contribution in [0.4, 0.5) is 5.69 Å². The van der Waals surface area contributed by atoms with Crippen LogP contribution in [0.25, 0.3) is 11.0 Å². The minimum atomic E-state index is 0.0284. The van der Waals surface area contributed by atoms with Crippen LogP contribution >= 0.6 is 0 Å². The van der Waals surface area contributed by atoms with Gasteiger partial charge in [0.05, 0.1) is 34.3 Å². The fourth-order valence-electron chi connectivity index (χ4n) is 3.98. The van der Waals surface area contributed by atoms with Gasteiger partial charge in [0.2, 0.25) is 5.91 Å². The molecule has 0 fully saturated rings. The average molecular weight is 448 g/mol. The molecule has 0 unspecified atom stereocenters. The molecular weight excluding hydrogens is 422 g/mol. The molecule has 168 valence electrons. The fraction of sp³-hybridized carbons (Fsp3) is 0.214. The van der Waals surface area contributed by atoms with Crippen molar-refractivity contribution in [3.05, 3.63) is 94.8 Å². The number of aromatic nitrogens is 2. The maximum Gasteiger partial charge on any atom is 0.227 e. The van der Waals surface area contributed by atoms with Gasteiger partial charge in [0.1, 0.15) is 5.82 Å². The first kappa shape index (κ1) is 22.8. The SMILES string of the molecule is CN(C(=O)CCc1ccc(C#N)cc1)c1ccc2c(c1)nc(CCc1ccc(C#N)cc1)n2C. The molecule has 0 saturated carbocycles. The molecule has 1 aromatic heterocycles. The summed E-state index contributed by atoms with van der Waals surface area (Å²) in [6.45, 7) is 0. The molecule has 4 aromatic rings. The van der Waals surface area contributed by atoms with Crippen LogP contribution < -0.4 is 4.90 Å². The normalized spacial score (nSPS) is 10.6. The number of aryl methyl sites for hydroxylation is 4. The Morgan fingerprint density at radius 3 is 2.06 bits per heavy atom. The van der Waals surface area contributed by atoms with Crippen LogP contribution in [0.2, 0.25) is 0 Å². The van der Waals surface area contributed by atoms with Gasteiger partial charge in [-0.2, -0.15) is 10.5 Å². The lowest BCUT2D eigenvalue weighted by atomic mass is 10.1. The Balaban J connectivity index is 1.42. The number of benzene rings is 3. The van der Waals surface area contributed by atoms with E-state index in [2.05, 4.69) is 16.7 Å². The molecule has 0 radical (unpaired) electrons. The predicted molar refractivity (Wildman–Crippen MR) is 132 cm³/mol. The van der Waals surface area contributed by atoms with Crippen molar-refractivity contribution in [3.63, 3.8) is 0 Å². The third-order valence-corrected chi connectivity index (χ3v) is 6.15. The van der Waals surface area contributed by atoms with E-state index in [1.807, 2.05) is 61.6 Å². The minimum Gasteiger partial charge on any atom is -0.331 e. The highest BCUT2D eigenvalue weighted by Gasteiger charge is 2.14. The molecule has 0 aliphatic heterocycles. The van der Waals surface area contributed by atoms with Gasteiger partial charge in [-0.15, -0.1) is 0 Å². The van der Waals surface area contributed by atoms with Crippen molar-refractivity contribution < 1.29 is 4.79 Å². The second kappa shape index (κ2) is 10.0. The molecular formula is C28H25N5O. The molecule has 6 nitrogen and oxygen atoms in total. The molecule has 0 bridgehead atoms. The summed E-state index contributed by atoms with van der Waals surface area (Å²) in [7, 11) is 3.80. The number of rotatable bonds is 7. The summed E-state index contributed by atoms with van der Waals surface area (Å²) < 4.78 is 2.09. The van der Waals surface area contributed by atoms with E-state index in [4.69, 9.17) is 15.5 Å². The van der Waals surface area contributed by atoms with Gasteiger partial charge in [0.15, 0.2) is 0 Å². The number of carbonyl (C=O) groups is 1. The smallest absolute Gasteiger partial charge is 0.227 e. The number of hydrogen-bond acceptors (Lipinski definition) is 4. The summed E-state index contributed by atoms with van der Waals surface area (Å²) in [5.41, 5.74) is 6.18. The number of hydrogen-bond donors (Lipinski definition) is 0. The van der Waals surface area contributed by atoms with Crippen LogP contribution in [0, 0.1) is 22.7 Å². The molecule has 1 heterocycles. The highest BCUT2D eigenvalue weighted by molar-refractivity contribution is 5.95. The maximum absolute atomic E-state index is 12.8. The summed E-state index contributed by atoms with van der Waals surface area (Å²) >= 11 is 0. The van der Waals surface area contributed by atoms with Gasteiger partial charge in [0, 0.05) is 32.6 Å². The highest BCUT2D eigenvalue weighted by atomic mass is 16.2. The maximum atomic E-state index is 12.8. The Morgan fingerprint density at radius 2 is 1.47 bits per heavy atom. The van der Waals surface area contributed by atoms with E-state index < -0.39 is 0 Å². The average Bonchev–Trinajstić information content (AvgIpc) is 3.20. The standard InChI is InChI=1S/C28H25N5O/c1-32(28(34)16-12-21-5-9-23(19-30)10-6-21)24-13-14-26-25(17-24)31-27(33(26)2)15-11-20-3-7-22(18-29)8-4-20/h3-10,13-14,17H,11-12,15-16H2,1-2H3. The first-order chi connectivity index (χ1) is 16.5. The summed E-state index contributed by atoms with van der Waals surface area (Å²) in [5, 5.41) is 17.9. The lowest BCUT2D eigenvalue weighted by Crippen LogP contribution is -2.26. The summed E-state index contributed by atoms with van der Waals surface area (Å²) in [6.07, 6.45) is 2.63. The predicted octanol–water partition coefficient (Wildman–Crippen LogP) is 4.70. The summed E-state index contributed by atoms with van der Waals surface area (Å²) in [5.74, 6) is 1.01. The number of amides is 1. The minimum absolute atomic E-state index is 0.0284. The Morgan fingerprint density at radius 1 is 0.882 bits per heavy atom. The van der Waals surface area contributed by atoms with Gasteiger partial charge in [-0.25, -0.2) is 4.98 Å². The Hall–Kier alpha value is -4.42. The summed E-state index contributed by atoms with van der Waals surface area (Å²) in [4.78, 5) is 19.3. The third-order valence-electron chi connectivity index (χ3n) is 6.15. The van der Waals surface area contributed by atoms with E-state index in [-0.39, 0.29) is 5.91 Å². The molecule has 4 rings (SSSR count). The highest BCUT2D eigenvalue weighted by Crippen LogP contribution is 2.23. The van der Waals surface area contributed by atoms with Crippen LogP contribution in [-0.4, -0.2) is 22.5 Å². The second-order valence-electron chi connectivity index (χ2n) is 8.33. The largest absolute Gasteiger partial charge is 0.331 e. The van der Waals surface area contributed by atoms with Crippen LogP contribution in [0.1, 0.15) is 34.5 Å². The van der Waals surface area contributed by atoms with Crippen molar-refractivity contribution in [1.29, 1.82) is 10.5 Å². The van der Waals surface area contributed by atoms with E-state index in [9.17, 15) is 4.79 Å². The van der Waals surface area contributed by atoms with E-state index in [0.717, 1.165) is 41.0 Å². The Labute approximate surface area is 199 Å². The molecule has 34 heavy (non-hydrogen) atoms. The first-order valence-electron chi connectivity index (χ1n) is 11.2. The number of carbonyl (C=O) groups excluding carboxylic acids is 1. The molecule has 6 heteroatoms. The molecule has 0 aliphatic rings. The van der Waals surface area contributed by atoms with Crippen molar-refractivity contribution in [2.24, 2.45) is 7.05 Å². The molecule has 0 N–H and O–H groups in total. The van der Waals surface area contributed by atoms with E-state index in [1.165, 1.54) is 5.56 Å². The van der Waals surface area contributed by atoms with Crippen LogP contribution in [0.15, 0.2) is 66.7 Å². The topological polar surface area (TPSA) is 85.7 Å². The Bertz CT molecular complexity index is 1400. The van der Waals surface area contributed by atoms with E-state index in [0.29, 0.717) is 24.0 Å². The number of nitrogens with zero attached hydrogens (tertiary/aromatic N) is 5. The Kier molecular flexibility index (Phi) is 6.71. The number of nitriles is 2. The zero-order valence-corrected chi connectivity index (χ0v) is 19.3. The third kappa shape index (κ3) is 4.98. The van der Waals surface area contributed by atoms with Gasteiger partial charge in [-0.1, -0.05) is 24.3 Å². The lowest BCUT2D eigenvalue weighted by Gasteiger charge is -2.17. The van der Waals surface area contributed by atoms with Crippen LogP contribution in [0.3, 0.4) is 0 Å². The zero-order valence-electron chi connectivity index (χ0n) is 19.3. The van der Waals surface area contributed by atoms with Gasteiger partial charge < -0.3 is 9.47 Å². The zero-order chi connectivity index (χ0) is 24.1. The second-order valence-corrected chi connectivity index (χ2v) is 8.33. The molecule has 1 amide bonds.